The Balaban J connectivity index is 1.61. The number of imidazole rings is 1. The number of hydrogen-bond donors (Lipinski definition) is 1. The zero-order valence-electron chi connectivity index (χ0n) is 13.0. The average Bonchev–Trinajstić information content (AvgIpc) is 3.17. The number of carbonyl (C=O) groups is 1. The third-order valence-electron chi connectivity index (χ3n) is 4.38. The summed E-state index contributed by atoms with van der Waals surface area (Å²) >= 11 is 0. The summed E-state index contributed by atoms with van der Waals surface area (Å²) in [4.78, 5) is 21.6. The minimum absolute atomic E-state index is 0.159. The molecule has 116 valence electrons. The Bertz CT molecular complexity index is 648. The van der Waals surface area contributed by atoms with Crippen molar-refractivity contribution < 1.29 is 9.53 Å². The molecule has 0 unspecified atom stereocenters. The molecule has 1 aromatic carbocycles. The molecule has 0 spiro atoms. The number of amides is 1. The van der Waals surface area contributed by atoms with E-state index < -0.39 is 0 Å². The van der Waals surface area contributed by atoms with Crippen molar-refractivity contribution in [3.05, 3.63) is 47.5 Å². The first kappa shape index (κ1) is 14.6. The van der Waals surface area contributed by atoms with Gasteiger partial charge in [0.25, 0.3) is 0 Å². The van der Waals surface area contributed by atoms with Crippen molar-refractivity contribution >= 4 is 5.91 Å². The van der Waals surface area contributed by atoms with Crippen molar-refractivity contribution in [3.8, 4) is 5.75 Å². The predicted octanol–water partition coefficient (Wildman–Crippen LogP) is 2.29. The molecule has 22 heavy (non-hydrogen) atoms. The van der Waals surface area contributed by atoms with Crippen LogP contribution in [0, 0.1) is 6.92 Å². The van der Waals surface area contributed by atoms with Crippen LogP contribution in [0.4, 0.5) is 0 Å². The zero-order chi connectivity index (χ0) is 15.5. The molecule has 1 fully saturated rings. The van der Waals surface area contributed by atoms with Crippen LogP contribution in [-0.2, 0) is 11.2 Å². The summed E-state index contributed by atoms with van der Waals surface area (Å²) < 4.78 is 5.19. The van der Waals surface area contributed by atoms with Crippen LogP contribution in [0.15, 0.2) is 30.6 Å². The van der Waals surface area contributed by atoms with Crippen molar-refractivity contribution in [1.82, 2.24) is 14.9 Å². The van der Waals surface area contributed by atoms with Crippen LogP contribution in [0.25, 0.3) is 0 Å². The van der Waals surface area contributed by atoms with Gasteiger partial charge in [-0.3, -0.25) is 4.79 Å². The molecule has 1 aliphatic rings. The van der Waals surface area contributed by atoms with Crippen LogP contribution < -0.4 is 4.74 Å². The molecule has 5 nitrogen and oxygen atoms in total. The molecule has 2 aromatic rings. The molecular weight excluding hydrogens is 278 g/mol. The fraction of sp³-hybridized carbons (Fsp3) is 0.412. The number of aryl methyl sites for hydroxylation is 1. The number of ether oxygens (including phenoxy) is 1. The number of aromatic nitrogens is 2. The predicted molar refractivity (Wildman–Crippen MR) is 84.0 cm³/mol. The Morgan fingerprint density at radius 1 is 1.41 bits per heavy atom. The molecule has 1 N–H and O–H groups in total. The third-order valence-corrected chi connectivity index (χ3v) is 4.38. The standard InChI is InChI=1S/C17H21N3O2/c1-12-16(19-11-18-12)9-17(21)20-8-7-14(10-20)13-3-5-15(22-2)6-4-13/h3-6,11,14H,7-10H2,1-2H3,(H,18,19)/t14-/m1/s1. The van der Waals surface area contributed by atoms with Crippen LogP contribution in [0.3, 0.4) is 0 Å². The van der Waals surface area contributed by atoms with E-state index in [4.69, 9.17) is 4.74 Å². The maximum absolute atomic E-state index is 12.4. The van der Waals surface area contributed by atoms with Gasteiger partial charge in [0.2, 0.25) is 5.91 Å². The highest BCUT2D eigenvalue weighted by atomic mass is 16.5. The number of rotatable bonds is 4. The Labute approximate surface area is 130 Å². The number of aromatic amines is 1. The van der Waals surface area contributed by atoms with E-state index in [9.17, 15) is 4.79 Å². The lowest BCUT2D eigenvalue weighted by molar-refractivity contribution is -0.129. The molecule has 1 amide bonds. The van der Waals surface area contributed by atoms with Crippen LogP contribution in [0.2, 0.25) is 0 Å². The van der Waals surface area contributed by atoms with Gasteiger partial charge in [0, 0.05) is 24.7 Å². The lowest BCUT2D eigenvalue weighted by atomic mass is 9.98. The van der Waals surface area contributed by atoms with Gasteiger partial charge in [-0.25, -0.2) is 4.98 Å². The van der Waals surface area contributed by atoms with E-state index in [0.29, 0.717) is 12.3 Å². The van der Waals surface area contributed by atoms with Crippen LogP contribution in [0.1, 0.15) is 29.3 Å². The van der Waals surface area contributed by atoms with E-state index in [-0.39, 0.29) is 5.91 Å². The molecule has 1 aliphatic heterocycles. The lowest BCUT2D eigenvalue weighted by Crippen LogP contribution is -2.30. The fourth-order valence-electron chi connectivity index (χ4n) is 2.96. The molecule has 5 heteroatoms. The summed E-state index contributed by atoms with van der Waals surface area (Å²) in [5.41, 5.74) is 3.09. The second-order valence-electron chi connectivity index (χ2n) is 5.75. The molecule has 1 saturated heterocycles. The van der Waals surface area contributed by atoms with Gasteiger partial charge in [0.15, 0.2) is 0 Å². The Hall–Kier alpha value is -2.30. The van der Waals surface area contributed by atoms with E-state index >= 15 is 0 Å². The van der Waals surface area contributed by atoms with Gasteiger partial charge < -0.3 is 14.6 Å². The van der Waals surface area contributed by atoms with E-state index in [2.05, 4.69) is 22.1 Å². The smallest absolute Gasteiger partial charge is 0.228 e. The Morgan fingerprint density at radius 3 is 2.82 bits per heavy atom. The van der Waals surface area contributed by atoms with Crippen molar-refractivity contribution in [3.63, 3.8) is 0 Å². The Morgan fingerprint density at radius 2 is 2.18 bits per heavy atom. The van der Waals surface area contributed by atoms with Crippen molar-refractivity contribution in [2.45, 2.75) is 25.7 Å². The molecule has 0 bridgehead atoms. The van der Waals surface area contributed by atoms with Crippen LogP contribution >= 0.6 is 0 Å². The van der Waals surface area contributed by atoms with Gasteiger partial charge in [0.1, 0.15) is 5.75 Å². The molecule has 1 atom stereocenters. The largest absolute Gasteiger partial charge is 0.497 e. The number of H-pyrrole nitrogens is 1. The number of benzene rings is 1. The highest BCUT2D eigenvalue weighted by molar-refractivity contribution is 5.79. The van der Waals surface area contributed by atoms with E-state index in [1.165, 1.54) is 5.56 Å². The summed E-state index contributed by atoms with van der Waals surface area (Å²) in [5.74, 6) is 1.44. The second kappa shape index (κ2) is 6.22. The number of carbonyl (C=O) groups excluding carboxylic acids is 1. The topological polar surface area (TPSA) is 58.2 Å². The fourth-order valence-corrected chi connectivity index (χ4v) is 2.96. The average molecular weight is 299 g/mol. The normalized spacial score (nSPS) is 17.7. The van der Waals surface area contributed by atoms with Crippen molar-refractivity contribution in [2.75, 3.05) is 20.2 Å². The number of likely N-dealkylation sites (tertiary alicyclic amines) is 1. The molecule has 0 aliphatic carbocycles. The van der Waals surface area contributed by atoms with Crippen LogP contribution in [-0.4, -0.2) is 41.0 Å². The zero-order valence-corrected chi connectivity index (χ0v) is 13.0. The Kier molecular flexibility index (Phi) is 4.13. The molecule has 3 rings (SSSR count). The van der Waals surface area contributed by atoms with E-state index in [0.717, 1.165) is 36.6 Å². The first-order valence-corrected chi connectivity index (χ1v) is 7.58. The number of methoxy groups -OCH3 is 1. The quantitative estimate of drug-likeness (QED) is 0.942. The second-order valence-corrected chi connectivity index (χ2v) is 5.75. The summed E-state index contributed by atoms with van der Waals surface area (Å²) in [7, 11) is 1.67. The molecule has 0 saturated carbocycles. The number of hydrogen-bond acceptors (Lipinski definition) is 3. The van der Waals surface area contributed by atoms with Gasteiger partial charge in [-0.1, -0.05) is 12.1 Å². The monoisotopic (exact) mass is 299 g/mol. The van der Waals surface area contributed by atoms with Gasteiger partial charge in [0.05, 0.1) is 25.6 Å². The minimum Gasteiger partial charge on any atom is -0.497 e. The molecule has 1 aromatic heterocycles. The molecular formula is C17H21N3O2. The van der Waals surface area contributed by atoms with Gasteiger partial charge >= 0.3 is 0 Å². The summed E-state index contributed by atoms with van der Waals surface area (Å²) in [6, 6.07) is 8.14. The number of nitrogens with zero attached hydrogens (tertiary/aromatic N) is 2. The van der Waals surface area contributed by atoms with E-state index in [1.54, 1.807) is 13.4 Å². The molecule has 2 heterocycles. The first-order valence-electron chi connectivity index (χ1n) is 7.58. The minimum atomic E-state index is 0.159. The summed E-state index contributed by atoms with van der Waals surface area (Å²) in [5, 5.41) is 0. The van der Waals surface area contributed by atoms with Gasteiger partial charge in [-0.2, -0.15) is 0 Å². The van der Waals surface area contributed by atoms with E-state index in [1.807, 2.05) is 24.0 Å². The summed E-state index contributed by atoms with van der Waals surface area (Å²) in [6.07, 6.45) is 3.03. The lowest BCUT2D eigenvalue weighted by Gasteiger charge is -2.16. The van der Waals surface area contributed by atoms with Gasteiger partial charge in [-0.15, -0.1) is 0 Å². The molecule has 0 radical (unpaired) electrons. The highest BCUT2D eigenvalue weighted by Gasteiger charge is 2.27. The van der Waals surface area contributed by atoms with Crippen molar-refractivity contribution in [2.24, 2.45) is 0 Å². The van der Waals surface area contributed by atoms with Crippen molar-refractivity contribution in [1.29, 1.82) is 0 Å². The SMILES string of the molecule is COc1ccc([C@@H]2CCN(C(=O)Cc3nc[nH]c3C)C2)cc1. The van der Waals surface area contributed by atoms with Crippen LogP contribution in [0.5, 0.6) is 5.75 Å². The number of nitrogens with one attached hydrogen (secondary N) is 1. The maximum Gasteiger partial charge on any atom is 0.228 e. The maximum atomic E-state index is 12.4. The third kappa shape index (κ3) is 2.98. The highest BCUT2D eigenvalue weighted by Crippen LogP contribution is 2.28. The summed E-state index contributed by atoms with van der Waals surface area (Å²) in [6.45, 7) is 3.55. The first-order chi connectivity index (χ1) is 10.7. The van der Waals surface area contributed by atoms with Gasteiger partial charge in [-0.05, 0) is 31.0 Å².